The van der Waals surface area contributed by atoms with E-state index < -0.39 is 20.0 Å². The lowest BCUT2D eigenvalue weighted by molar-refractivity contribution is 0.591. The zero-order valence-electron chi connectivity index (χ0n) is 14.8. The molecule has 1 aliphatic rings. The Morgan fingerprint density at radius 1 is 0.963 bits per heavy atom. The van der Waals surface area contributed by atoms with E-state index in [2.05, 4.69) is 14.4 Å². The fraction of sp³-hybridized carbons (Fsp3) is 0.353. The van der Waals surface area contributed by atoms with Crippen LogP contribution < -0.4 is 9.44 Å². The Morgan fingerprint density at radius 2 is 1.78 bits per heavy atom. The fourth-order valence-corrected chi connectivity index (χ4v) is 6.13. The molecule has 1 aromatic heterocycles. The molecule has 2 heterocycles. The third-order valence-electron chi connectivity index (χ3n) is 4.00. The monoisotopic (exact) mass is 427 g/mol. The highest BCUT2D eigenvalue weighted by atomic mass is 32.2. The number of hydrogen-bond acceptors (Lipinski definition) is 6. The van der Waals surface area contributed by atoms with Crippen LogP contribution in [0.2, 0.25) is 0 Å². The molecule has 0 spiro atoms. The van der Waals surface area contributed by atoms with Crippen LogP contribution in [-0.4, -0.2) is 29.2 Å². The first-order valence-corrected chi connectivity index (χ1v) is 12.3. The van der Waals surface area contributed by atoms with Gasteiger partial charge in [0.2, 0.25) is 0 Å². The summed E-state index contributed by atoms with van der Waals surface area (Å²) in [6.07, 6.45) is 3.45. The predicted octanol–water partition coefficient (Wildman–Crippen LogP) is 3.11. The van der Waals surface area contributed by atoms with Gasteiger partial charge in [-0.25, -0.2) is 16.8 Å². The molecule has 10 heteroatoms. The van der Waals surface area contributed by atoms with Crippen LogP contribution in [0.25, 0.3) is 0 Å². The molecule has 0 saturated carbocycles. The van der Waals surface area contributed by atoms with Crippen LogP contribution in [0.4, 0.5) is 5.69 Å². The number of amidine groups is 1. The first kappa shape index (κ1) is 19.8. The van der Waals surface area contributed by atoms with Crippen molar-refractivity contribution in [2.75, 3.05) is 11.3 Å². The number of aryl methyl sites for hydroxylation is 1. The van der Waals surface area contributed by atoms with Crippen LogP contribution in [0.1, 0.15) is 30.6 Å². The summed E-state index contributed by atoms with van der Waals surface area (Å²) in [5.41, 5.74) is 0.187. The van der Waals surface area contributed by atoms with E-state index in [1.165, 1.54) is 30.3 Å². The predicted molar refractivity (Wildman–Crippen MR) is 107 cm³/mol. The minimum atomic E-state index is -3.83. The second kappa shape index (κ2) is 7.99. The summed E-state index contributed by atoms with van der Waals surface area (Å²) in [7, 11) is -7.58. The molecule has 146 valence electrons. The molecular weight excluding hydrogens is 406 g/mol. The van der Waals surface area contributed by atoms with Gasteiger partial charge in [-0.2, -0.15) is 0 Å². The molecule has 0 unspecified atom stereocenters. The van der Waals surface area contributed by atoms with Crippen molar-refractivity contribution in [3.05, 3.63) is 41.3 Å². The number of sulfonamides is 2. The second-order valence-electron chi connectivity index (χ2n) is 6.24. The number of rotatable bonds is 5. The van der Waals surface area contributed by atoms with Crippen LogP contribution in [0.15, 0.2) is 50.5 Å². The van der Waals surface area contributed by atoms with Crippen molar-refractivity contribution in [2.24, 2.45) is 4.99 Å². The Hall–Kier alpha value is -1.91. The summed E-state index contributed by atoms with van der Waals surface area (Å²) < 4.78 is 55.3. The van der Waals surface area contributed by atoms with Crippen LogP contribution in [0.5, 0.6) is 0 Å². The molecule has 0 saturated heterocycles. The molecule has 2 aromatic rings. The Bertz CT molecular complexity index is 1060. The lowest BCUT2D eigenvalue weighted by atomic mass is 10.2. The number of aliphatic imine (C=N–C) groups is 1. The van der Waals surface area contributed by atoms with E-state index in [0.717, 1.165) is 35.5 Å². The van der Waals surface area contributed by atoms with Gasteiger partial charge in [-0.1, -0.05) is 12.5 Å². The molecule has 0 bridgehead atoms. The van der Waals surface area contributed by atoms with Gasteiger partial charge in [0.25, 0.3) is 20.0 Å². The highest BCUT2D eigenvalue weighted by Crippen LogP contribution is 2.24. The molecule has 0 radical (unpaired) electrons. The van der Waals surface area contributed by atoms with Gasteiger partial charge in [-0.3, -0.25) is 14.4 Å². The Labute approximate surface area is 163 Å². The van der Waals surface area contributed by atoms with Gasteiger partial charge in [0, 0.05) is 17.8 Å². The smallest absolute Gasteiger partial charge is 0.271 e. The minimum Gasteiger partial charge on any atom is -0.279 e. The van der Waals surface area contributed by atoms with E-state index >= 15 is 0 Å². The highest BCUT2D eigenvalue weighted by Gasteiger charge is 2.20. The highest BCUT2D eigenvalue weighted by molar-refractivity contribution is 7.94. The molecule has 0 fully saturated rings. The summed E-state index contributed by atoms with van der Waals surface area (Å²) in [5, 5.41) is 0. The number of nitrogens with zero attached hydrogens (tertiary/aromatic N) is 1. The van der Waals surface area contributed by atoms with Crippen LogP contribution >= 0.6 is 11.3 Å². The third-order valence-corrected chi connectivity index (χ3v) is 8.26. The molecule has 1 aromatic carbocycles. The summed E-state index contributed by atoms with van der Waals surface area (Å²) >= 11 is 1.15. The van der Waals surface area contributed by atoms with Crippen molar-refractivity contribution in [2.45, 2.75) is 41.7 Å². The van der Waals surface area contributed by atoms with Crippen molar-refractivity contribution in [3.63, 3.8) is 0 Å². The van der Waals surface area contributed by atoms with Crippen molar-refractivity contribution in [3.8, 4) is 0 Å². The lowest BCUT2D eigenvalue weighted by Gasteiger charge is -2.11. The van der Waals surface area contributed by atoms with Crippen molar-refractivity contribution in [1.82, 2.24) is 4.72 Å². The van der Waals surface area contributed by atoms with Crippen LogP contribution in [-0.2, 0) is 20.0 Å². The van der Waals surface area contributed by atoms with E-state index in [1.807, 2.05) is 6.92 Å². The topological polar surface area (TPSA) is 105 Å². The van der Waals surface area contributed by atoms with Crippen molar-refractivity contribution < 1.29 is 16.8 Å². The lowest BCUT2D eigenvalue weighted by Crippen LogP contribution is -2.30. The molecule has 3 rings (SSSR count). The standard InChI is InChI=1S/C17H21N3O4S3/c1-13-9-10-17(25-13)27(23,24)19-14-6-5-7-15(12-14)26(21,22)20-16-8-3-2-4-11-18-16/h5-7,9-10,12,19H,2-4,8,11H2,1H3,(H,18,20). The summed E-state index contributed by atoms with van der Waals surface area (Å²) in [6, 6.07) is 8.98. The summed E-state index contributed by atoms with van der Waals surface area (Å²) in [6.45, 7) is 2.43. The molecule has 0 amide bonds. The van der Waals surface area contributed by atoms with Gasteiger partial charge in [0.15, 0.2) is 0 Å². The SMILES string of the molecule is Cc1ccc(S(=O)(=O)Nc2cccc(S(=O)(=O)NC3=NCCCCC3)c2)s1. The average molecular weight is 428 g/mol. The first-order chi connectivity index (χ1) is 12.8. The zero-order chi connectivity index (χ0) is 19.5. The zero-order valence-corrected chi connectivity index (χ0v) is 17.3. The third kappa shape index (κ3) is 5.08. The number of benzene rings is 1. The molecule has 7 nitrogen and oxygen atoms in total. The molecule has 0 aliphatic carbocycles. The maximum atomic E-state index is 12.6. The Balaban J connectivity index is 1.81. The number of thiophene rings is 1. The Morgan fingerprint density at radius 3 is 2.52 bits per heavy atom. The normalized spacial score (nSPS) is 15.7. The van der Waals surface area contributed by atoms with Gasteiger partial charge >= 0.3 is 0 Å². The summed E-state index contributed by atoms with van der Waals surface area (Å²) in [4.78, 5) is 5.13. The van der Waals surface area contributed by atoms with Crippen molar-refractivity contribution in [1.29, 1.82) is 0 Å². The van der Waals surface area contributed by atoms with Gasteiger partial charge < -0.3 is 0 Å². The second-order valence-corrected chi connectivity index (χ2v) is 11.1. The quantitative estimate of drug-likeness (QED) is 0.765. The maximum absolute atomic E-state index is 12.6. The molecule has 27 heavy (non-hydrogen) atoms. The van der Waals surface area contributed by atoms with Gasteiger partial charge in [-0.05, 0) is 50.1 Å². The van der Waals surface area contributed by atoms with E-state index in [0.29, 0.717) is 18.8 Å². The van der Waals surface area contributed by atoms with Gasteiger partial charge in [0.1, 0.15) is 10.0 Å². The first-order valence-electron chi connectivity index (χ1n) is 8.52. The molecule has 0 atom stereocenters. The number of anilines is 1. The van der Waals surface area contributed by atoms with E-state index in [4.69, 9.17) is 0 Å². The Kier molecular flexibility index (Phi) is 5.87. The van der Waals surface area contributed by atoms with Crippen LogP contribution in [0, 0.1) is 6.92 Å². The van der Waals surface area contributed by atoms with E-state index in [-0.39, 0.29) is 14.8 Å². The molecule has 2 N–H and O–H groups in total. The number of hydrogen-bond donors (Lipinski definition) is 2. The molecular formula is C17H21N3O4S3. The van der Waals surface area contributed by atoms with E-state index in [9.17, 15) is 16.8 Å². The van der Waals surface area contributed by atoms with Crippen LogP contribution in [0.3, 0.4) is 0 Å². The van der Waals surface area contributed by atoms with Crippen molar-refractivity contribution >= 4 is 42.9 Å². The summed E-state index contributed by atoms with van der Waals surface area (Å²) in [5.74, 6) is 0.451. The maximum Gasteiger partial charge on any atom is 0.271 e. The van der Waals surface area contributed by atoms with E-state index in [1.54, 1.807) is 6.07 Å². The minimum absolute atomic E-state index is 0.0167. The van der Waals surface area contributed by atoms with Gasteiger partial charge in [-0.15, -0.1) is 11.3 Å². The largest absolute Gasteiger partial charge is 0.279 e. The fourth-order valence-electron chi connectivity index (χ4n) is 2.66. The molecule has 1 aliphatic heterocycles. The average Bonchev–Trinajstić information content (AvgIpc) is 2.89. The van der Waals surface area contributed by atoms with Gasteiger partial charge in [0.05, 0.1) is 10.6 Å². The number of nitrogens with one attached hydrogen (secondary N) is 2.